The van der Waals surface area contributed by atoms with E-state index in [-0.39, 0.29) is 0 Å². The van der Waals surface area contributed by atoms with Gasteiger partial charge in [0.2, 0.25) is 4.96 Å². The van der Waals surface area contributed by atoms with Crippen molar-refractivity contribution in [1.29, 1.82) is 0 Å². The number of fused-ring (bicyclic) bond motifs is 1. The van der Waals surface area contributed by atoms with Crippen molar-refractivity contribution in [3.05, 3.63) is 41.2 Å². The summed E-state index contributed by atoms with van der Waals surface area (Å²) in [6.45, 7) is 4.37. The van der Waals surface area contributed by atoms with Crippen LogP contribution in [0.4, 0.5) is 0 Å². The molecule has 3 aromatic rings. The van der Waals surface area contributed by atoms with Gasteiger partial charge in [0, 0.05) is 4.90 Å². The maximum Gasteiger partial charge on any atom is 0.234 e. The average molecular weight is 337 g/mol. The summed E-state index contributed by atoms with van der Waals surface area (Å²) in [7, 11) is 0. The third kappa shape index (κ3) is 3.78. The molecule has 0 aliphatic carbocycles. The van der Waals surface area contributed by atoms with Gasteiger partial charge < -0.3 is 0 Å². The molecule has 110 valence electrons. The van der Waals surface area contributed by atoms with Crippen LogP contribution in [0.3, 0.4) is 0 Å². The maximum absolute atomic E-state index is 4.64. The smallest absolute Gasteiger partial charge is 0.186 e. The number of aromatic nitrogens is 4. The minimum absolute atomic E-state index is 0.587. The Balaban J connectivity index is 1.69. The van der Waals surface area contributed by atoms with Gasteiger partial charge in [0.05, 0.1) is 11.5 Å². The van der Waals surface area contributed by atoms with E-state index in [4.69, 9.17) is 0 Å². The molecule has 2 heterocycles. The molecule has 0 saturated carbocycles. The molecule has 0 amide bonds. The van der Waals surface area contributed by atoms with Gasteiger partial charge in [-0.2, -0.15) is 21.4 Å². The first kappa shape index (κ1) is 14.9. The summed E-state index contributed by atoms with van der Waals surface area (Å²) in [5.74, 6) is 2.67. The van der Waals surface area contributed by atoms with E-state index in [9.17, 15) is 0 Å². The second-order valence-corrected chi connectivity index (χ2v) is 8.42. The number of thioether (sulfide) groups is 2. The van der Waals surface area contributed by atoms with Crippen molar-refractivity contribution in [3.63, 3.8) is 0 Å². The first-order valence-electron chi connectivity index (χ1n) is 6.72. The Kier molecular flexibility index (Phi) is 4.82. The zero-order valence-electron chi connectivity index (χ0n) is 11.9. The molecule has 2 aromatic heterocycles. The highest BCUT2D eigenvalue weighted by Crippen LogP contribution is 2.26. The third-order valence-electron chi connectivity index (χ3n) is 2.75. The molecule has 0 unspecified atom stereocenters. The van der Waals surface area contributed by atoms with Crippen LogP contribution >= 0.6 is 34.9 Å². The molecule has 7 heteroatoms. The third-order valence-corrected chi connectivity index (χ3v) is 5.94. The molecule has 0 atom stereocenters. The van der Waals surface area contributed by atoms with E-state index in [0.717, 1.165) is 27.3 Å². The highest BCUT2D eigenvalue weighted by atomic mass is 32.2. The van der Waals surface area contributed by atoms with Crippen LogP contribution in [0.5, 0.6) is 0 Å². The predicted octanol–water partition coefficient (Wildman–Crippen LogP) is 4.12. The van der Waals surface area contributed by atoms with E-state index >= 15 is 0 Å². The largest absolute Gasteiger partial charge is 0.234 e. The molecule has 4 nitrogen and oxygen atoms in total. The van der Waals surface area contributed by atoms with E-state index in [0.29, 0.717) is 5.25 Å². The quantitative estimate of drug-likeness (QED) is 0.634. The van der Waals surface area contributed by atoms with E-state index in [1.807, 2.05) is 22.3 Å². The lowest BCUT2D eigenvalue weighted by Crippen LogP contribution is -1.97. The van der Waals surface area contributed by atoms with Gasteiger partial charge in [0.1, 0.15) is 5.01 Å². The molecule has 0 radical (unpaired) electrons. The van der Waals surface area contributed by atoms with Gasteiger partial charge in [-0.05, 0) is 17.4 Å². The zero-order valence-corrected chi connectivity index (χ0v) is 14.3. The van der Waals surface area contributed by atoms with Crippen molar-refractivity contribution in [2.45, 2.75) is 35.5 Å². The van der Waals surface area contributed by atoms with Gasteiger partial charge in [0.25, 0.3) is 0 Å². The number of rotatable bonds is 6. The van der Waals surface area contributed by atoms with Crippen LogP contribution in [0.2, 0.25) is 0 Å². The molecule has 0 spiro atoms. The molecular formula is C14H16N4S3. The van der Waals surface area contributed by atoms with Crippen molar-refractivity contribution in [2.24, 2.45) is 0 Å². The van der Waals surface area contributed by atoms with Gasteiger partial charge in [-0.25, -0.2) is 0 Å². The fourth-order valence-corrected chi connectivity index (χ4v) is 4.17. The van der Waals surface area contributed by atoms with Gasteiger partial charge in [-0.1, -0.05) is 43.4 Å². The summed E-state index contributed by atoms with van der Waals surface area (Å²) in [5, 5.41) is 14.8. The second-order valence-electron chi connectivity index (χ2n) is 4.77. The number of hydrogen-bond donors (Lipinski definition) is 0. The Bertz CT molecular complexity index is 705. The van der Waals surface area contributed by atoms with Crippen LogP contribution in [0, 0.1) is 0 Å². The van der Waals surface area contributed by atoms with Crippen molar-refractivity contribution >= 4 is 39.8 Å². The van der Waals surface area contributed by atoms with E-state index in [2.05, 4.69) is 53.4 Å². The van der Waals surface area contributed by atoms with Gasteiger partial charge >= 0.3 is 0 Å². The summed E-state index contributed by atoms with van der Waals surface area (Å²) in [6, 6.07) is 10.4. The molecule has 0 aliphatic rings. The first-order valence-corrected chi connectivity index (χ1v) is 9.57. The Morgan fingerprint density at radius 1 is 1.14 bits per heavy atom. The summed E-state index contributed by atoms with van der Waals surface area (Å²) in [5.41, 5.74) is 0. The predicted molar refractivity (Wildman–Crippen MR) is 91.1 cm³/mol. The van der Waals surface area contributed by atoms with Crippen molar-refractivity contribution in [2.75, 3.05) is 0 Å². The van der Waals surface area contributed by atoms with Gasteiger partial charge in [0.15, 0.2) is 5.82 Å². The molecule has 0 saturated heterocycles. The van der Waals surface area contributed by atoms with Gasteiger partial charge in [-0.15, -0.1) is 22.0 Å². The fourth-order valence-electron chi connectivity index (χ4n) is 1.75. The minimum Gasteiger partial charge on any atom is -0.186 e. The Morgan fingerprint density at radius 3 is 2.71 bits per heavy atom. The summed E-state index contributed by atoms with van der Waals surface area (Å²) in [6.07, 6.45) is 0. The summed E-state index contributed by atoms with van der Waals surface area (Å²) >= 11 is 5.28. The highest BCUT2D eigenvalue weighted by Gasteiger charge is 2.12. The average Bonchev–Trinajstić information content (AvgIpc) is 3.04. The molecular weight excluding hydrogens is 320 g/mol. The van der Waals surface area contributed by atoms with Crippen LogP contribution < -0.4 is 0 Å². The molecule has 0 N–H and O–H groups in total. The lowest BCUT2D eigenvalue weighted by atomic mass is 10.4. The molecule has 1 aromatic carbocycles. The Hall–Kier alpha value is -1.05. The van der Waals surface area contributed by atoms with Crippen LogP contribution in [-0.4, -0.2) is 25.1 Å². The number of benzene rings is 1. The topological polar surface area (TPSA) is 43.1 Å². The fraction of sp³-hybridized carbons (Fsp3) is 0.357. The molecule has 0 fully saturated rings. The molecule has 0 bridgehead atoms. The van der Waals surface area contributed by atoms with Crippen molar-refractivity contribution < 1.29 is 0 Å². The molecule has 21 heavy (non-hydrogen) atoms. The zero-order chi connectivity index (χ0) is 14.7. The first-order chi connectivity index (χ1) is 10.2. The Labute approximate surface area is 136 Å². The molecule has 0 aliphatic heterocycles. The monoisotopic (exact) mass is 336 g/mol. The van der Waals surface area contributed by atoms with Crippen LogP contribution in [0.1, 0.15) is 24.7 Å². The lowest BCUT2D eigenvalue weighted by Gasteiger charge is -2.01. The standard InChI is InChI=1S/C14H16N4S3/c1-10(2)19-8-12-15-16-14-18(12)17-13(21-14)9-20-11-6-4-3-5-7-11/h3-7,10H,8-9H2,1-2H3. The lowest BCUT2D eigenvalue weighted by molar-refractivity contribution is 0.864. The van der Waals surface area contributed by atoms with Crippen LogP contribution in [0.15, 0.2) is 35.2 Å². The van der Waals surface area contributed by atoms with E-state index in [1.54, 1.807) is 23.1 Å². The number of nitrogens with zero attached hydrogens (tertiary/aromatic N) is 4. The van der Waals surface area contributed by atoms with Crippen LogP contribution in [0.25, 0.3) is 4.96 Å². The second kappa shape index (κ2) is 6.81. The normalized spacial score (nSPS) is 11.6. The SMILES string of the molecule is CC(C)SCc1nnc2sc(CSc3ccccc3)nn12. The van der Waals surface area contributed by atoms with Crippen molar-refractivity contribution in [3.8, 4) is 0 Å². The summed E-state index contributed by atoms with van der Waals surface area (Å²) < 4.78 is 1.89. The van der Waals surface area contributed by atoms with Crippen molar-refractivity contribution in [1.82, 2.24) is 19.8 Å². The summed E-state index contributed by atoms with van der Waals surface area (Å²) in [4.78, 5) is 2.15. The van der Waals surface area contributed by atoms with Gasteiger partial charge in [-0.3, -0.25) is 0 Å². The van der Waals surface area contributed by atoms with Crippen LogP contribution in [-0.2, 0) is 11.5 Å². The molecule has 3 rings (SSSR count). The highest BCUT2D eigenvalue weighted by molar-refractivity contribution is 7.99. The Morgan fingerprint density at radius 2 is 1.95 bits per heavy atom. The minimum atomic E-state index is 0.587. The number of hydrogen-bond acceptors (Lipinski definition) is 6. The van der Waals surface area contributed by atoms with E-state index in [1.165, 1.54) is 4.90 Å². The maximum atomic E-state index is 4.64. The van der Waals surface area contributed by atoms with E-state index < -0.39 is 0 Å².